The number of fused-ring (bicyclic) bond motifs is 1. The number of nitrogens with two attached hydrogens (primary N) is 1. The van der Waals surface area contributed by atoms with Crippen LogP contribution in [0.2, 0.25) is 0 Å². The molecule has 4 N–H and O–H groups in total. The van der Waals surface area contributed by atoms with Gasteiger partial charge < -0.3 is 25.7 Å². The number of hydrogen-bond acceptors (Lipinski definition) is 16. The van der Waals surface area contributed by atoms with Crippen LogP contribution in [0.5, 0.6) is 0 Å². The maximum absolute atomic E-state index is 13.3. The highest BCUT2D eigenvalue weighted by Crippen LogP contribution is 2.41. The molecule has 2 aliphatic rings. The highest BCUT2D eigenvalue weighted by Gasteiger charge is 2.54. The Morgan fingerprint density at radius 3 is 2.74 bits per heavy atom. The lowest BCUT2D eigenvalue weighted by Crippen LogP contribution is -2.71. The molecule has 2 aliphatic heterocycles. The molecule has 20 heteroatoms. The third-order valence-electron chi connectivity index (χ3n) is 5.62. The van der Waals surface area contributed by atoms with Gasteiger partial charge in [-0.1, -0.05) is 23.0 Å². The Labute approximate surface area is 257 Å². The van der Waals surface area contributed by atoms with Crippen LogP contribution in [0.25, 0.3) is 0 Å². The highest BCUT2D eigenvalue weighted by atomic mass is 32.2. The van der Waals surface area contributed by atoms with Gasteiger partial charge in [-0.25, -0.2) is 14.3 Å². The first-order valence-electron chi connectivity index (χ1n) is 12.6. The molecule has 0 saturated carbocycles. The predicted molar refractivity (Wildman–Crippen MR) is 156 cm³/mol. The summed E-state index contributed by atoms with van der Waals surface area (Å²) < 4.78 is 10.8. The summed E-state index contributed by atoms with van der Waals surface area (Å²) in [5.74, 6) is -3.19. The number of aromatic nitrogens is 6. The molecule has 2 aromatic heterocycles. The van der Waals surface area contributed by atoms with Crippen LogP contribution in [0.3, 0.4) is 0 Å². The minimum Gasteiger partial charge on any atom is -0.477 e. The van der Waals surface area contributed by atoms with Gasteiger partial charge in [-0.2, -0.15) is 9.36 Å². The van der Waals surface area contributed by atoms with Crippen molar-refractivity contribution in [2.24, 2.45) is 5.16 Å². The molecular formula is C23H28N10O7S3. The fourth-order valence-corrected chi connectivity index (χ4v) is 6.57. The molecule has 2 unspecified atom stereocenters. The predicted octanol–water partition coefficient (Wildman–Crippen LogP) is 0.275. The van der Waals surface area contributed by atoms with E-state index in [1.165, 1.54) is 35.1 Å². The van der Waals surface area contributed by atoms with Gasteiger partial charge in [0.05, 0.1) is 6.54 Å². The first-order valence-corrected chi connectivity index (χ1v) is 15.4. The average Bonchev–Trinajstić information content (AvgIpc) is 3.57. The van der Waals surface area contributed by atoms with Crippen LogP contribution < -0.4 is 11.1 Å². The summed E-state index contributed by atoms with van der Waals surface area (Å²) in [7, 11) is 0. The van der Waals surface area contributed by atoms with E-state index in [9.17, 15) is 24.3 Å². The zero-order chi connectivity index (χ0) is 31.5. The normalized spacial score (nSPS) is 19.3. The number of thioether (sulfide) groups is 2. The van der Waals surface area contributed by atoms with Crippen molar-refractivity contribution >= 4 is 69.7 Å². The number of carbonyl (C=O) groups is 4. The third-order valence-corrected chi connectivity index (χ3v) is 8.55. The number of allylic oxidation sites excluding steroid dienone is 1. The number of carbonyl (C=O) groups excluding carboxylic acids is 3. The zero-order valence-corrected chi connectivity index (χ0v) is 25.9. The lowest BCUT2D eigenvalue weighted by molar-refractivity contribution is -0.167. The van der Waals surface area contributed by atoms with E-state index in [1.54, 1.807) is 26.8 Å². The summed E-state index contributed by atoms with van der Waals surface area (Å²) in [4.78, 5) is 61.3. The minimum absolute atomic E-state index is 0.0459. The van der Waals surface area contributed by atoms with E-state index in [0.717, 1.165) is 16.4 Å². The summed E-state index contributed by atoms with van der Waals surface area (Å²) in [6.45, 7) is 10.5. The summed E-state index contributed by atoms with van der Waals surface area (Å²) in [5.41, 5.74) is 4.80. The lowest BCUT2D eigenvalue weighted by atomic mass is 10.0. The molecule has 1 fully saturated rings. The van der Waals surface area contributed by atoms with Gasteiger partial charge in [-0.05, 0) is 43.7 Å². The van der Waals surface area contributed by atoms with Gasteiger partial charge in [-0.3, -0.25) is 14.5 Å². The standard InChI is InChI=1S/C23H28N10O7S3/c1-6-7-32-22(27-30-31-32)42-9-11-8-41-18-13(17(35)33(18)14(11)19(36)37)25-16(34)12(15-26-21(24)43-29-15)28-40-10(2)20(38)39-23(3,4)5/h6,10,13,18H,1,7-9H2,2-5H3,(H,25,34)(H,36,37)(H2,24,26,29)/t10?,13?,18-/m0/s1. The lowest BCUT2D eigenvalue weighted by Gasteiger charge is -2.49. The van der Waals surface area contributed by atoms with Crippen LogP contribution in [-0.2, 0) is 35.3 Å². The van der Waals surface area contributed by atoms with E-state index >= 15 is 0 Å². The summed E-state index contributed by atoms with van der Waals surface area (Å²) in [6, 6.07) is -1.08. The van der Waals surface area contributed by atoms with Crippen LogP contribution >= 0.6 is 35.1 Å². The second kappa shape index (κ2) is 13.1. The van der Waals surface area contributed by atoms with Crippen molar-refractivity contribution in [2.45, 2.75) is 62.5 Å². The molecule has 43 heavy (non-hydrogen) atoms. The maximum atomic E-state index is 13.3. The number of nitrogens with one attached hydrogen (secondary N) is 1. The van der Waals surface area contributed by atoms with E-state index in [1.807, 2.05) is 0 Å². The summed E-state index contributed by atoms with van der Waals surface area (Å²) in [5, 5.41) is 27.6. The first-order chi connectivity index (χ1) is 20.3. The maximum Gasteiger partial charge on any atom is 0.352 e. The van der Waals surface area contributed by atoms with Crippen molar-refractivity contribution in [3.05, 3.63) is 29.7 Å². The Hall–Kier alpha value is -4.04. The van der Waals surface area contributed by atoms with Crippen LogP contribution in [0.15, 0.2) is 34.2 Å². The van der Waals surface area contributed by atoms with Gasteiger partial charge in [0.25, 0.3) is 11.8 Å². The van der Waals surface area contributed by atoms with Gasteiger partial charge in [-0.15, -0.1) is 23.4 Å². The Balaban J connectivity index is 1.48. The molecule has 0 bridgehead atoms. The molecule has 2 aromatic rings. The second-order valence-electron chi connectivity index (χ2n) is 10.0. The number of amides is 2. The zero-order valence-electron chi connectivity index (χ0n) is 23.4. The van der Waals surface area contributed by atoms with E-state index in [4.69, 9.17) is 15.3 Å². The van der Waals surface area contributed by atoms with Crippen molar-refractivity contribution in [3.8, 4) is 0 Å². The molecule has 3 atom stereocenters. The second-order valence-corrected chi connectivity index (χ2v) is 12.8. The van der Waals surface area contributed by atoms with Crippen molar-refractivity contribution < 1.29 is 33.9 Å². The van der Waals surface area contributed by atoms with E-state index in [2.05, 4.69) is 41.9 Å². The van der Waals surface area contributed by atoms with Crippen molar-refractivity contribution in [1.82, 2.24) is 39.8 Å². The molecule has 1 saturated heterocycles. The number of rotatable bonds is 12. The average molecular weight is 653 g/mol. The number of tetrazole rings is 1. The molecular weight excluding hydrogens is 625 g/mol. The summed E-state index contributed by atoms with van der Waals surface area (Å²) >= 11 is 3.32. The minimum atomic E-state index is -1.28. The topological polar surface area (TPSA) is 230 Å². The molecule has 17 nitrogen and oxygen atoms in total. The first kappa shape index (κ1) is 31.9. The van der Waals surface area contributed by atoms with Gasteiger partial charge >= 0.3 is 11.9 Å². The third kappa shape index (κ3) is 7.31. The fourth-order valence-electron chi connectivity index (χ4n) is 3.77. The van der Waals surface area contributed by atoms with E-state index in [-0.39, 0.29) is 28.2 Å². The molecule has 4 heterocycles. The van der Waals surface area contributed by atoms with Gasteiger partial charge in [0.2, 0.25) is 22.8 Å². The number of aliphatic carboxylic acids is 1. The molecule has 0 radical (unpaired) electrons. The van der Waals surface area contributed by atoms with E-state index < -0.39 is 52.6 Å². The number of carboxylic acid groups (broad SMARTS) is 1. The number of esters is 1. The Morgan fingerprint density at radius 2 is 2.12 bits per heavy atom. The Bertz CT molecular complexity index is 1500. The number of nitrogen functional groups attached to an aromatic ring is 1. The van der Waals surface area contributed by atoms with Gasteiger partial charge in [0, 0.05) is 23.0 Å². The number of nitrogens with zero attached hydrogens (tertiary/aromatic N) is 8. The Kier molecular flexibility index (Phi) is 9.70. The molecule has 2 amide bonds. The van der Waals surface area contributed by atoms with Crippen molar-refractivity contribution in [2.75, 3.05) is 17.2 Å². The van der Waals surface area contributed by atoms with Crippen LogP contribution in [-0.4, -0.2) is 104 Å². The van der Waals surface area contributed by atoms with Crippen LogP contribution in [0.4, 0.5) is 5.13 Å². The highest BCUT2D eigenvalue weighted by molar-refractivity contribution is 8.01. The van der Waals surface area contributed by atoms with Gasteiger partial charge in [0.15, 0.2) is 5.13 Å². The summed E-state index contributed by atoms with van der Waals surface area (Å²) in [6.07, 6.45) is 0.438. The number of ether oxygens (including phenoxy) is 1. The number of oxime groups is 1. The van der Waals surface area contributed by atoms with Crippen LogP contribution in [0, 0.1) is 0 Å². The SMILES string of the molecule is C=CCn1nnnc1SCC1=C(C(=O)O)N2C(=O)C(NC(=O)C(=NOC(C)C(=O)OC(C)(C)C)c3nsc(N)n3)[C@@H]2SC1. The molecule has 0 aliphatic carbocycles. The monoisotopic (exact) mass is 652 g/mol. The smallest absolute Gasteiger partial charge is 0.352 e. The number of hydrogen-bond donors (Lipinski definition) is 3. The van der Waals surface area contributed by atoms with E-state index in [0.29, 0.717) is 17.3 Å². The quantitative estimate of drug-likeness (QED) is 0.0698. The fraction of sp³-hybridized carbons (Fsp3) is 0.478. The van der Waals surface area contributed by atoms with Crippen molar-refractivity contribution in [3.63, 3.8) is 0 Å². The number of anilines is 1. The van der Waals surface area contributed by atoms with Crippen molar-refractivity contribution in [1.29, 1.82) is 0 Å². The number of carboxylic acids is 1. The largest absolute Gasteiger partial charge is 0.477 e. The molecule has 4 rings (SSSR count). The molecule has 230 valence electrons. The number of β-lactam (4-membered cyclic amide) rings is 1. The molecule has 0 spiro atoms. The van der Waals surface area contributed by atoms with Crippen LogP contribution in [0.1, 0.15) is 33.5 Å². The molecule has 0 aromatic carbocycles. The Morgan fingerprint density at radius 1 is 1.37 bits per heavy atom. The van der Waals surface area contributed by atoms with Gasteiger partial charge in [0.1, 0.15) is 22.7 Å².